The molecule has 26 heavy (non-hydrogen) atoms. The van der Waals surface area contributed by atoms with Crippen LogP contribution in [0.15, 0.2) is 48.7 Å². The van der Waals surface area contributed by atoms with Crippen LogP contribution in [0.25, 0.3) is 0 Å². The summed E-state index contributed by atoms with van der Waals surface area (Å²) in [5, 5.41) is 12.9. The molecule has 0 unspecified atom stereocenters. The molecule has 2 N–H and O–H groups in total. The molecule has 0 saturated heterocycles. The number of benzene rings is 1. The first-order valence-electron chi connectivity index (χ1n) is 9.17. The third-order valence-corrected chi connectivity index (χ3v) is 5.74. The number of hydrogen-bond acceptors (Lipinski definition) is 4. The Kier molecular flexibility index (Phi) is 4.41. The van der Waals surface area contributed by atoms with Crippen molar-refractivity contribution in [2.45, 2.75) is 43.2 Å². The number of nitrogens with zero attached hydrogens (tertiary/aromatic N) is 1. The fraction of sp³-hybridized carbons (Fsp3) is 0.429. The molecule has 5 nitrogen and oxygen atoms in total. The van der Waals surface area contributed by atoms with Crippen molar-refractivity contribution in [3.63, 3.8) is 0 Å². The highest BCUT2D eigenvalue weighted by Crippen LogP contribution is 2.49. The van der Waals surface area contributed by atoms with Gasteiger partial charge in [0, 0.05) is 6.20 Å². The summed E-state index contributed by atoms with van der Waals surface area (Å²) in [6.07, 6.45) is 4.61. The number of nitrogens with one attached hydrogen (secondary N) is 1. The van der Waals surface area contributed by atoms with Crippen LogP contribution in [0.3, 0.4) is 0 Å². The fourth-order valence-corrected chi connectivity index (χ4v) is 3.86. The molecular formula is C21H24N2O3. The summed E-state index contributed by atoms with van der Waals surface area (Å²) in [6, 6.07) is 13.4. The van der Waals surface area contributed by atoms with Gasteiger partial charge in [0.2, 0.25) is 5.91 Å². The van der Waals surface area contributed by atoms with Crippen LogP contribution in [0.5, 0.6) is 5.75 Å². The van der Waals surface area contributed by atoms with Crippen LogP contribution < -0.4 is 10.1 Å². The first-order chi connectivity index (χ1) is 12.6. The molecule has 2 aliphatic rings. The molecule has 0 aliphatic heterocycles. The highest BCUT2D eigenvalue weighted by atomic mass is 16.5. The maximum Gasteiger partial charge on any atom is 0.231 e. The highest BCUT2D eigenvalue weighted by molar-refractivity contribution is 5.91. The second-order valence-corrected chi connectivity index (χ2v) is 7.40. The lowest BCUT2D eigenvalue weighted by molar-refractivity contribution is -0.125. The van der Waals surface area contributed by atoms with Crippen molar-refractivity contribution in [1.82, 2.24) is 10.3 Å². The predicted molar refractivity (Wildman–Crippen MR) is 97.8 cm³/mol. The maximum absolute atomic E-state index is 13.2. The number of aliphatic hydroxyl groups is 1. The topological polar surface area (TPSA) is 71.5 Å². The summed E-state index contributed by atoms with van der Waals surface area (Å²) in [6.45, 7) is 0. The minimum atomic E-state index is -0.443. The summed E-state index contributed by atoms with van der Waals surface area (Å²) in [5.41, 5.74) is 1.45. The van der Waals surface area contributed by atoms with Crippen molar-refractivity contribution in [3.8, 4) is 5.75 Å². The normalized spacial score (nSPS) is 24.2. The van der Waals surface area contributed by atoms with E-state index in [-0.39, 0.29) is 24.0 Å². The second-order valence-electron chi connectivity index (χ2n) is 7.40. The van der Waals surface area contributed by atoms with Gasteiger partial charge in [0.25, 0.3) is 0 Å². The average molecular weight is 352 g/mol. The van der Waals surface area contributed by atoms with Gasteiger partial charge in [0.1, 0.15) is 5.75 Å². The number of carbonyl (C=O) groups excluding carboxylic acids is 1. The number of pyridine rings is 1. The van der Waals surface area contributed by atoms with E-state index in [9.17, 15) is 9.90 Å². The molecule has 4 rings (SSSR count). The number of methoxy groups -OCH3 is 1. The van der Waals surface area contributed by atoms with Crippen molar-refractivity contribution in [1.29, 1.82) is 0 Å². The third-order valence-electron chi connectivity index (χ3n) is 5.74. The molecule has 1 amide bonds. The van der Waals surface area contributed by atoms with E-state index in [2.05, 4.69) is 10.3 Å². The van der Waals surface area contributed by atoms with Gasteiger partial charge < -0.3 is 15.2 Å². The standard InChI is InChI=1S/C21H24N2O3/c1-26-17-7-5-15(6-8-17)21(9-10-21)20(25)23-19(14-12-16(24)13-14)18-4-2-3-11-22-18/h2-8,11,14,16,19,24H,9-10,12-13H2,1H3,(H,23,25)/t14?,16?,19-/m0/s1. The van der Waals surface area contributed by atoms with Gasteiger partial charge >= 0.3 is 0 Å². The lowest BCUT2D eigenvalue weighted by atomic mass is 9.76. The molecule has 2 fully saturated rings. The molecule has 2 aromatic rings. The van der Waals surface area contributed by atoms with Crippen LogP contribution in [-0.2, 0) is 10.2 Å². The number of hydrogen-bond donors (Lipinski definition) is 2. The molecule has 0 spiro atoms. The molecule has 0 radical (unpaired) electrons. The molecule has 1 aromatic heterocycles. The Morgan fingerprint density at radius 3 is 2.50 bits per heavy atom. The lowest BCUT2D eigenvalue weighted by Crippen LogP contribution is -2.45. The molecule has 1 aromatic carbocycles. The second kappa shape index (κ2) is 6.72. The monoisotopic (exact) mass is 352 g/mol. The van der Waals surface area contributed by atoms with Gasteiger partial charge in [-0.1, -0.05) is 18.2 Å². The number of aromatic nitrogens is 1. The van der Waals surface area contributed by atoms with Gasteiger partial charge in [-0.25, -0.2) is 0 Å². The van der Waals surface area contributed by atoms with Crippen LogP contribution in [0.4, 0.5) is 0 Å². The molecule has 2 aliphatic carbocycles. The van der Waals surface area contributed by atoms with Crippen LogP contribution >= 0.6 is 0 Å². The quantitative estimate of drug-likeness (QED) is 0.839. The summed E-state index contributed by atoms with van der Waals surface area (Å²) >= 11 is 0. The average Bonchev–Trinajstić information content (AvgIpc) is 3.46. The van der Waals surface area contributed by atoms with Crippen LogP contribution in [-0.4, -0.2) is 29.2 Å². The number of amides is 1. The van der Waals surface area contributed by atoms with Gasteiger partial charge in [0.15, 0.2) is 0 Å². The van der Waals surface area contributed by atoms with Gasteiger partial charge in [-0.15, -0.1) is 0 Å². The Bertz CT molecular complexity index is 766. The van der Waals surface area contributed by atoms with E-state index in [1.807, 2.05) is 42.5 Å². The fourth-order valence-electron chi connectivity index (χ4n) is 3.86. The van der Waals surface area contributed by atoms with E-state index >= 15 is 0 Å². The SMILES string of the molecule is COc1ccc(C2(C(=O)N[C@H](c3ccccn3)C3CC(O)C3)CC2)cc1. The summed E-state index contributed by atoms with van der Waals surface area (Å²) in [5.74, 6) is 1.08. The number of ether oxygens (including phenoxy) is 1. The molecular weight excluding hydrogens is 328 g/mol. The largest absolute Gasteiger partial charge is 0.497 e. The Labute approximate surface area is 153 Å². The van der Waals surface area contributed by atoms with E-state index < -0.39 is 5.41 Å². The molecule has 1 heterocycles. The zero-order valence-corrected chi connectivity index (χ0v) is 14.9. The van der Waals surface area contributed by atoms with E-state index in [1.165, 1.54) is 0 Å². The maximum atomic E-state index is 13.2. The van der Waals surface area contributed by atoms with Crippen LogP contribution in [0, 0.1) is 5.92 Å². The number of rotatable bonds is 6. The zero-order chi connectivity index (χ0) is 18.1. The van der Waals surface area contributed by atoms with Crippen molar-refractivity contribution in [2.24, 2.45) is 5.92 Å². The Balaban J connectivity index is 1.54. The molecule has 2 saturated carbocycles. The summed E-state index contributed by atoms with van der Waals surface area (Å²) < 4.78 is 5.22. The minimum absolute atomic E-state index is 0.0553. The molecule has 0 bridgehead atoms. The summed E-state index contributed by atoms with van der Waals surface area (Å²) in [4.78, 5) is 17.6. The van der Waals surface area contributed by atoms with Gasteiger partial charge in [-0.2, -0.15) is 0 Å². The van der Waals surface area contributed by atoms with Gasteiger partial charge in [-0.3, -0.25) is 9.78 Å². The van der Waals surface area contributed by atoms with E-state index in [0.717, 1.165) is 29.8 Å². The van der Waals surface area contributed by atoms with Crippen molar-refractivity contribution in [2.75, 3.05) is 7.11 Å². The van der Waals surface area contributed by atoms with Crippen molar-refractivity contribution >= 4 is 5.91 Å². The number of carbonyl (C=O) groups is 1. The summed E-state index contributed by atoms with van der Waals surface area (Å²) in [7, 11) is 1.64. The van der Waals surface area contributed by atoms with Gasteiger partial charge in [0.05, 0.1) is 30.4 Å². The van der Waals surface area contributed by atoms with E-state index in [4.69, 9.17) is 4.74 Å². The smallest absolute Gasteiger partial charge is 0.231 e. The molecule has 1 atom stereocenters. The molecule has 5 heteroatoms. The first kappa shape index (κ1) is 17.0. The van der Waals surface area contributed by atoms with E-state index in [0.29, 0.717) is 12.8 Å². The van der Waals surface area contributed by atoms with Crippen LogP contribution in [0.1, 0.15) is 43.0 Å². The Morgan fingerprint density at radius 2 is 1.96 bits per heavy atom. The molecule has 136 valence electrons. The number of aliphatic hydroxyl groups excluding tert-OH is 1. The van der Waals surface area contributed by atoms with Crippen molar-refractivity contribution < 1.29 is 14.6 Å². The Hall–Kier alpha value is -2.40. The van der Waals surface area contributed by atoms with Crippen LogP contribution in [0.2, 0.25) is 0 Å². The highest BCUT2D eigenvalue weighted by Gasteiger charge is 2.52. The first-order valence-corrected chi connectivity index (χ1v) is 9.17. The minimum Gasteiger partial charge on any atom is -0.497 e. The van der Waals surface area contributed by atoms with E-state index in [1.54, 1.807) is 13.3 Å². The van der Waals surface area contributed by atoms with Crippen molar-refractivity contribution in [3.05, 3.63) is 59.9 Å². The third kappa shape index (κ3) is 3.07. The lowest BCUT2D eigenvalue weighted by Gasteiger charge is -2.38. The zero-order valence-electron chi connectivity index (χ0n) is 14.9. The van der Waals surface area contributed by atoms with Gasteiger partial charge in [-0.05, 0) is 61.4 Å². The predicted octanol–water partition coefficient (Wildman–Crippen LogP) is 2.75. The Morgan fingerprint density at radius 1 is 1.23 bits per heavy atom.